The van der Waals surface area contributed by atoms with Crippen LogP contribution in [0.5, 0.6) is 0 Å². The monoisotopic (exact) mass is 377 g/mol. The first-order chi connectivity index (χ1) is 12.5. The Hall–Kier alpha value is -1.17. The summed E-state index contributed by atoms with van der Waals surface area (Å²) in [4.78, 5) is 1.37. The van der Waals surface area contributed by atoms with Crippen molar-refractivity contribution in [3.05, 3.63) is 54.1 Å². The Balaban J connectivity index is 1.66. The van der Waals surface area contributed by atoms with E-state index in [1.807, 2.05) is 55.5 Å². The van der Waals surface area contributed by atoms with Crippen LogP contribution in [0.4, 0.5) is 0 Å². The van der Waals surface area contributed by atoms with Crippen LogP contribution in [-0.2, 0) is 4.74 Å². The lowest BCUT2D eigenvalue weighted by Crippen LogP contribution is -2.54. The molecule has 142 valence electrons. The van der Waals surface area contributed by atoms with Gasteiger partial charge in [-0.15, -0.1) is 11.6 Å². The van der Waals surface area contributed by atoms with Gasteiger partial charge >= 0.3 is 0 Å². The second kappa shape index (κ2) is 8.24. The number of hydrogen-bond donors (Lipinski definition) is 2. The third-order valence-corrected chi connectivity index (χ3v) is 6.00. The summed E-state index contributed by atoms with van der Waals surface area (Å²) >= 11 is 6.97. The number of hydrogen-bond acceptors (Lipinski definition) is 4. The summed E-state index contributed by atoms with van der Waals surface area (Å²) in [5.74, 6) is 0. The smallest absolute Gasteiger partial charge is 0.132 e. The molecule has 0 saturated carbocycles. The Morgan fingerprint density at radius 1 is 1.31 bits per heavy atom. The van der Waals surface area contributed by atoms with Crippen molar-refractivity contribution in [1.29, 1.82) is 0 Å². The van der Waals surface area contributed by atoms with Gasteiger partial charge in [0.25, 0.3) is 0 Å². The zero-order chi connectivity index (χ0) is 18.6. The number of ether oxygens (including phenoxy) is 1. The van der Waals surface area contributed by atoms with Crippen molar-refractivity contribution in [2.24, 2.45) is 0 Å². The molecule has 26 heavy (non-hydrogen) atoms. The molecule has 2 unspecified atom stereocenters. The van der Waals surface area contributed by atoms with Crippen LogP contribution in [0, 0.1) is 0 Å². The fourth-order valence-corrected chi connectivity index (χ4v) is 4.16. The van der Waals surface area contributed by atoms with Crippen LogP contribution in [0.25, 0.3) is 5.57 Å². The summed E-state index contributed by atoms with van der Waals surface area (Å²) in [6, 6.07) is 9.97. The summed E-state index contributed by atoms with van der Waals surface area (Å²) in [5.41, 5.74) is 1.01. The molecular formula is C21H28ClNO3. The van der Waals surface area contributed by atoms with Gasteiger partial charge in [-0.2, -0.15) is 0 Å². The zero-order valence-electron chi connectivity index (χ0n) is 15.3. The van der Waals surface area contributed by atoms with E-state index in [2.05, 4.69) is 4.90 Å². The van der Waals surface area contributed by atoms with Gasteiger partial charge in [-0.25, -0.2) is 0 Å². The molecule has 0 bridgehead atoms. The van der Waals surface area contributed by atoms with Crippen LogP contribution in [0.15, 0.2) is 48.6 Å². The van der Waals surface area contributed by atoms with Gasteiger partial charge in [0, 0.05) is 26.2 Å². The highest BCUT2D eigenvalue weighted by Crippen LogP contribution is 2.46. The zero-order valence-corrected chi connectivity index (χ0v) is 16.0. The van der Waals surface area contributed by atoms with E-state index in [4.69, 9.17) is 16.3 Å². The number of benzene rings is 1. The maximum absolute atomic E-state index is 10.2. The molecule has 0 spiro atoms. The van der Waals surface area contributed by atoms with Gasteiger partial charge in [0.1, 0.15) is 10.5 Å². The molecule has 0 amide bonds. The molecular weight excluding hydrogens is 350 g/mol. The minimum Gasteiger partial charge on any atom is -0.393 e. The van der Waals surface area contributed by atoms with Crippen LogP contribution < -0.4 is 0 Å². The minimum absolute atomic E-state index is 0.184. The van der Waals surface area contributed by atoms with Gasteiger partial charge in [-0.1, -0.05) is 42.5 Å². The molecule has 0 radical (unpaired) electrons. The van der Waals surface area contributed by atoms with Crippen molar-refractivity contribution in [1.82, 2.24) is 4.90 Å². The number of allylic oxidation sites excluding steroid dienone is 2. The first kappa shape index (κ1) is 19.6. The first-order valence-corrected chi connectivity index (χ1v) is 9.66. The number of nitrogens with zero attached hydrogens (tertiary/aromatic N) is 1. The fraction of sp³-hybridized carbons (Fsp3) is 0.524. The van der Waals surface area contributed by atoms with E-state index in [9.17, 15) is 10.2 Å². The lowest BCUT2D eigenvalue weighted by Gasteiger charge is -2.45. The minimum atomic E-state index is -0.959. The number of aliphatic hydroxyl groups excluding tert-OH is 2. The van der Waals surface area contributed by atoms with E-state index >= 15 is 0 Å². The number of likely N-dealkylation sites (tertiary alicyclic amines) is 1. The standard InChI is InChI=1S/C21H28ClNO3/c1-20(22)19(17-7-3-2-4-8-17)9-5-11-21(20,16-24)26-14-6-12-23-13-10-18(25)15-23/h2-5,7-9,11,18,24-25H,6,10,12-16H2,1H3/t18-,20?,21?/m1/s1. The Labute approximate surface area is 160 Å². The molecule has 1 aromatic rings. The quantitative estimate of drug-likeness (QED) is 0.566. The number of rotatable bonds is 7. The number of alkyl halides is 1. The molecule has 1 aromatic carbocycles. The Morgan fingerprint density at radius 3 is 2.73 bits per heavy atom. The van der Waals surface area contributed by atoms with Crippen molar-refractivity contribution in [2.75, 3.05) is 32.8 Å². The molecule has 0 aromatic heterocycles. The Kier molecular flexibility index (Phi) is 6.21. The topological polar surface area (TPSA) is 52.9 Å². The van der Waals surface area contributed by atoms with Gasteiger partial charge < -0.3 is 19.8 Å². The molecule has 3 rings (SSSR count). The van der Waals surface area contributed by atoms with E-state index in [0.717, 1.165) is 43.6 Å². The maximum atomic E-state index is 10.2. The van der Waals surface area contributed by atoms with Gasteiger partial charge in [0.2, 0.25) is 0 Å². The van der Waals surface area contributed by atoms with Gasteiger partial charge in [-0.05, 0) is 37.0 Å². The number of halogens is 1. The second-order valence-corrected chi connectivity index (χ2v) is 8.06. The van der Waals surface area contributed by atoms with Gasteiger partial charge in [0.05, 0.1) is 12.7 Å². The third-order valence-electron chi connectivity index (χ3n) is 5.47. The molecule has 5 heteroatoms. The lowest BCUT2D eigenvalue weighted by molar-refractivity contribution is -0.0603. The van der Waals surface area contributed by atoms with E-state index < -0.39 is 10.5 Å². The highest BCUT2D eigenvalue weighted by molar-refractivity contribution is 6.31. The SMILES string of the molecule is CC1(Cl)C(c2ccccc2)=CC=CC1(CO)OCCCN1CC[C@@H](O)C1. The van der Waals surface area contributed by atoms with Crippen LogP contribution >= 0.6 is 11.6 Å². The molecule has 1 saturated heterocycles. The van der Waals surface area contributed by atoms with Gasteiger partial charge in [-0.3, -0.25) is 0 Å². The summed E-state index contributed by atoms with van der Waals surface area (Å²) < 4.78 is 6.17. The van der Waals surface area contributed by atoms with Gasteiger partial charge in [0.15, 0.2) is 0 Å². The molecule has 1 fully saturated rings. The Bertz CT molecular complexity index is 658. The maximum Gasteiger partial charge on any atom is 0.132 e. The summed E-state index contributed by atoms with van der Waals surface area (Å²) in [6.45, 7) is 4.77. The predicted molar refractivity (Wildman–Crippen MR) is 105 cm³/mol. The van der Waals surface area contributed by atoms with Crippen LogP contribution in [0.2, 0.25) is 0 Å². The number of aliphatic hydroxyl groups is 2. The van der Waals surface area contributed by atoms with Crippen molar-refractivity contribution in [3.63, 3.8) is 0 Å². The summed E-state index contributed by atoms with van der Waals surface area (Å²) in [7, 11) is 0. The van der Waals surface area contributed by atoms with Crippen molar-refractivity contribution < 1.29 is 14.9 Å². The van der Waals surface area contributed by atoms with Crippen molar-refractivity contribution in [3.8, 4) is 0 Å². The fourth-order valence-electron chi connectivity index (χ4n) is 3.81. The predicted octanol–water partition coefficient (Wildman–Crippen LogP) is 2.84. The largest absolute Gasteiger partial charge is 0.393 e. The lowest BCUT2D eigenvalue weighted by atomic mass is 9.76. The molecule has 1 heterocycles. The number of β-amino-alcohol motifs (C(OH)–C–C–N with tert-alkyl or cyclic N) is 1. The van der Waals surface area contributed by atoms with Crippen LogP contribution in [0.1, 0.15) is 25.3 Å². The molecule has 3 atom stereocenters. The van der Waals surface area contributed by atoms with E-state index in [0.29, 0.717) is 6.61 Å². The summed E-state index contributed by atoms with van der Waals surface area (Å²) in [5, 5.41) is 19.8. The average Bonchev–Trinajstić information content (AvgIpc) is 3.05. The molecule has 1 aliphatic carbocycles. The van der Waals surface area contributed by atoms with Crippen molar-refractivity contribution in [2.45, 2.75) is 36.3 Å². The van der Waals surface area contributed by atoms with E-state index in [1.54, 1.807) is 0 Å². The second-order valence-electron chi connectivity index (χ2n) is 7.30. The van der Waals surface area contributed by atoms with Crippen molar-refractivity contribution >= 4 is 17.2 Å². The van der Waals surface area contributed by atoms with E-state index in [1.165, 1.54) is 0 Å². The first-order valence-electron chi connectivity index (χ1n) is 9.28. The molecule has 2 N–H and O–H groups in total. The third kappa shape index (κ3) is 3.90. The highest BCUT2D eigenvalue weighted by Gasteiger charge is 2.50. The normalized spacial score (nSPS) is 32.0. The average molecular weight is 378 g/mol. The van der Waals surface area contributed by atoms with Crippen LogP contribution in [0.3, 0.4) is 0 Å². The molecule has 1 aliphatic heterocycles. The van der Waals surface area contributed by atoms with E-state index in [-0.39, 0.29) is 12.7 Å². The Morgan fingerprint density at radius 2 is 2.08 bits per heavy atom. The molecule has 4 nitrogen and oxygen atoms in total. The summed E-state index contributed by atoms with van der Waals surface area (Å²) in [6.07, 6.45) is 7.25. The highest BCUT2D eigenvalue weighted by atomic mass is 35.5. The molecule has 2 aliphatic rings. The van der Waals surface area contributed by atoms with Crippen LogP contribution in [-0.4, -0.2) is 64.5 Å².